The lowest BCUT2D eigenvalue weighted by molar-refractivity contribution is -0.143. The van der Waals surface area contributed by atoms with Gasteiger partial charge >= 0.3 is 5.97 Å². The van der Waals surface area contributed by atoms with Crippen molar-refractivity contribution in [2.24, 2.45) is 5.10 Å². The minimum Gasteiger partial charge on any atom is -0.496 e. The molecule has 2 aromatic carbocycles. The largest absolute Gasteiger partial charge is 0.496 e. The molecule has 0 saturated heterocycles. The number of ether oxygens (including phenoxy) is 2. The van der Waals surface area contributed by atoms with Crippen LogP contribution in [0.25, 0.3) is 10.9 Å². The van der Waals surface area contributed by atoms with Crippen LogP contribution in [0.5, 0.6) is 5.75 Å². The highest BCUT2D eigenvalue weighted by molar-refractivity contribution is 9.10. The minimum atomic E-state index is -0.394. The van der Waals surface area contributed by atoms with Crippen molar-refractivity contribution in [3.8, 4) is 5.75 Å². The maximum atomic E-state index is 12.5. The molecule has 0 unspecified atom stereocenters. The highest BCUT2D eigenvalue weighted by Crippen LogP contribution is 2.23. The second-order valence-corrected chi connectivity index (χ2v) is 6.99. The lowest BCUT2D eigenvalue weighted by Crippen LogP contribution is -2.18. The molecule has 0 aliphatic carbocycles. The molecule has 0 aliphatic rings. The average Bonchev–Trinajstić information content (AvgIpc) is 3.05. The van der Waals surface area contributed by atoms with Crippen LogP contribution in [-0.2, 0) is 16.1 Å². The number of halogens is 1. The van der Waals surface area contributed by atoms with Gasteiger partial charge in [0, 0.05) is 27.1 Å². The predicted molar refractivity (Wildman–Crippen MR) is 114 cm³/mol. The van der Waals surface area contributed by atoms with E-state index in [-0.39, 0.29) is 12.5 Å². The Labute approximate surface area is 176 Å². The number of fused-ring (bicyclic) bond motifs is 1. The zero-order valence-electron chi connectivity index (χ0n) is 16.0. The van der Waals surface area contributed by atoms with Crippen molar-refractivity contribution < 1.29 is 19.1 Å². The van der Waals surface area contributed by atoms with Gasteiger partial charge in [0.2, 0.25) is 0 Å². The number of nitrogens with zero attached hydrogens (tertiary/aromatic N) is 2. The van der Waals surface area contributed by atoms with Crippen molar-refractivity contribution >= 4 is 44.9 Å². The van der Waals surface area contributed by atoms with Crippen LogP contribution in [-0.4, -0.2) is 36.4 Å². The molecule has 0 spiro atoms. The third-order valence-corrected chi connectivity index (χ3v) is 4.69. The molecule has 1 N–H and O–H groups in total. The first-order valence-corrected chi connectivity index (χ1v) is 9.73. The Hall–Kier alpha value is -3.13. The lowest BCUT2D eigenvalue weighted by Gasteiger charge is -2.07. The van der Waals surface area contributed by atoms with Crippen molar-refractivity contribution in [3.05, 3.63) is 64.3 Å². The van der Waals surface area contributed by atoms with E-state index in [2.05, 4.69) is 26.5 Å². The SMILES string of the molecule is CCOC(=O)Cn1cc(/C=N\NC(=O)c2cc(Br)ccc2OC)c2ccccc21. The van der Waals surface area contributed by atoms with Gasteiger partial charge in [0.15, 0.2) is 0 Å². The third kappa shape index (κ3) is 4.83. The number of hydrazone groups is 1. The quantitative estimate of drug-likeness (QED) is 0.332. The van der Waals surface area contributed by atoms with Crippen LogP contribution in [0.15, 0.2) is 58.2 Å². The Morgan fingerprint density at radius 1 is 1.24 bits per heavy atom. The molecule has 0 bridgehead atoms. The minimum absolute atomic E-state index is 0.101. The maximum Gasteiger partial charge on any atom is 0.325 e. The number of carbonyl (C=O) groups excluding carboxylic acids is 2. The van der Waals surface area contributed by atoms with Gasteiger partial charge in [-0.25, -0.2) is 5.43 Å². The molecule has 0 radical (unpaired) electrons. The number of rotatable bonds is 7. The van der Waals surface area contributed by atoms with Crippen LogP contribution in [0.1, 0.15) is 22.8 Å². The molecule has 0 saturated carbocycles. The molecular formula is C21H20BrN3O4. The Bertz CT molecular complexity index is 1070. The number of nitrogens with one attached hydrogen (secondary N) is 1. The monoisotopic (exact) mass is 457 g/mol. The maximum absolute atomic E-state index is 12.5. The molecule has 150 valence electrons. The van der Waals surface area contributed by atoms with E-state index in [1.807, 2.05) is 24.3 Å². The smallest absolute Gasteiger partial charge is 0.325 e. The number of hydrogen-bond donors (Lipinski definition) is 1. The van der Waals surface area contributed by atoms with Gasteiger partial charge < -0.3 is 14.0 Å². The number of aromatic nitrogens is 1. The number of hydrogen-bond acceptors (Lipinski definition) is 5. The number of carbonyl (C=O) groups is 2. The van der Waals surface area contributed by atoms with E-state index in [4.69, 9.17) is 9.47 Å². The fourth-order valence-corrected chi connectivity index (χ4v) is 3.29. The zero-order chi connectivity index (χ0) is 20.8. The number of para-hydroxylation sites is 1. The Kier molecular flexibility index (Phi) is 6.66. The molecule has 0 fully saturated rings. The van der Waals surface area contributed by atoms with Crippen molar-refractivity contribution in [1.29, 1.82) is 0 Å². The van der Waals surface area contributed by atoms with Crippen LogP contribution in [0.2, 0.25) is 0 Å². The second kappa shape index (κ2) is 9.38. The Morgan fingerprint density at radius 2 is 2.03 bits per heavy atom. The van der Waals surface area contributed by atoms with Gasteiger partial charge in [-0.2, -0.15) is 5.10 Å². The van der Waals surface area contributed by atoms with Crippen LogP contribution in [0.3, 0.4) is 0 Å². The molecule has 3 rings (SSSR count). The molecule has 7 nitrogen and oxygen atoms in total. The topological polar surface area (TPSA) is 81.9 Å². The van der Waals surface area contributed by atoms with E-state index in [9.17, 15) is 9.59 Å². The van der Waals surface area contributed by atoms with Crippen LogP contribution in [0, 0.1) is 0 Å². The van der Waals surface area contributed by atoms with Crippen molar-refractivity contribution in [1.82, 2.24) is 9.99 Å². The number of benzene rings is 2. The molecule has 1 aromatic heterocycles. The molecule has 1 heterocycles. The highest BCUT2D eigenvalue weighted by atomic mass is 79.9. The molecule has 1 amide bonds. The van der Waals surface area contributed by atoms with E-state index in [1.165, 1.54) is 7.11 Å². The van der Waals surface area contributed by atoms with Crippen LogP contribution >= 0.6 is 15.9 Å². The molecule has 0 atom stereocenters. The van der Waals surface area contributed by atoms with E-state index < -0.39 is 5.91 Å². The molecule has 29 heavy (non-hydrogen) atoms. The summed E-state index contributed by atoms with van der Waals surface area (Å²) in [6, 6.07) is 12.8. The molecule has 0 aliphatic heterocycles. The second-order valence-electron chi connectivity index (χ2n) is 6.08. The summed E-state index contributed by atoms with van der Waals surface area (Å²) in [5.41, 5.74) is 4.52. The first-order chi connectivity index (χ1) is 14.0. The van der Waals surface area contributed by atoms with Gasteiger partial charge in [0.1, 0.15) is 12.3 Å². The normalized spacial score (nSPS) is 11.0. The van der Waals surface area contributed by atoms with E-state index >= 15 is 0 Å². The van der Waals surface area contributed by atoms with Gasteiger partial charge in [0.25, 0.3) is 5.91 Å². The molecule has 8 heteroatoms. The van der Waals surface area contributed by atoms with Crippen LogP contribution < -0.4 is 10.2 Å². The first-order valence-electron chi connectivity index (χ1n) is 8.94. The molecular weight excluding hydrogens is 438 g/mol. The van der Waals surface area contributed by atoms with Gasteiger partial charge in [-0.1, -0.05) is 34.1 Å². The Balaban J connectivity index is 1.81. The number of methoxy groups -OCH3 is 1. The fourth-order valence-electron chi connectivity index (χ4n) is 2.93. The van der Waals surface area contributed by atoms with Crippen LogP contribution in [0.4, 0.5) is 0 Å². The summed E-state index contributed by atoms with van der Waals surface area (Å²) in [7, 11) is 1.50. The fraction of sp³-hybridized carbons (Fsp3) is 0.190. The Morgan fingerprint density at radius 3 is 2.79 bits per heavy atom. The van der Waals surface area contributed by atoms with Crippen molar-refractivity contribution in [2.75, 3.05) is 13.7 Å². The zero-order valence-corrected chi connectivity index (χ0v) is 17.6. The van der Waals surface area contributed by atoms with E-state index in [1.54, 1.807) is 42.1 Å². The summed E-state index contributed by atoms with van der Waals surface area (Å²) in [6.45, 7) is 2.20. The molecule has 3 aromatic rings. The standard InChI is InChI=1S/C21H20BrN3O4/c1-3-29-20(26)13-25-12-14(16-6-4-5-7-18(16)25)11-23-24-21(27)17-10-15(22)8-9-19(17)28-2/h4-12H,3,13H2,1-2H3,(H,24,27)/b23-11-. The van der Waals surface area contributed by atoms with Crippen molar-refractivity contribution in [3.63, 3.8) is 0 Å². The van der Waals surface area contributed by atoms with Gasteiger partial charge in [-0.3, -0.25) is 9.59 Å². The first kappa shape index (κ1) is 20.6. The number of amides is 1. The lowest BCUT2D eigenvalue weighted by atomic mass is 10.2. The average molecular weight is 458 g/mol. The van der Waals surface area contributed by atoms with Gasteiger partial charge in [-0.05, 0) is 31.2 Å². The third-order valence-electron chi connectivity index (χ3n) is 4.20. The van der Waals surface area contributed by atoms with E-state index in [0.29, 0.717) is 17.9 Å². The highest BCUT2D eigenvalue weighted by Gasteiger charge is 2.13. The van der Waals surface area contributed by atoms with Gasteiger partial charge in [0.05, 0.1) is 25.5 Å². The summed E-state index contributed by atoms with van der Waals surface area (Å²) >= 11 is 3.34. The summed E-state index contributed by atoms with van der Waals surface area (Å²) in [6.07, 6.45) is 3.35. The summed E-state index contributed by atoms with van der Waals surface area (Å²) in [4.78, 5) is 24.3. The summed E-state index contributed by atoms with van der Waals surface area (Å²) < 4.78 is 12.8. The summed E-state index contributed by atoms with van der Waals surface area (Å²) in [5, 5.41) is 4.99. The van der Waals surface area contributed by atoms with Gasteiger partial charge in [-0.15, -0.1) is 0 Å². The van der Waals surface area contributed by atoms with E-state index in [0.717, 1.165) is 20.9 Å². The number of esters is 1. The van der Waals surface area contributed by atoms with Crippen molar-refractivity contribution in [2.45, 2.75) is 13.5 Å². The predicted octanol–water partition coefficient (Wildman–Crippen LogP) is 3.74. The summed E-state index contributed by atoms with van der Waals surface area (Å²) in [5.74, 6) is -0.256.